The second-order valence-corrected chi connectivity index (χ2v) is 6.73. The zero-order valence-corrected chi connectivity index (χ0v) is 14.7. The van der Waals surface area contributed by atoms with Crippen LogP contribution in [0.3, 0.4) is 0 Å². The maximum atomic E-state index is 11.9. The van der Waals surface area contributed by atoms with Crippen LogP contribution in [0, 0.1) is 0 Å². The third kappa shape index (κ3) is 3.67. The van der Waals surface area contributed by atoms with Crippen molar-refractivity contribution in [1.29, 1.82) is 0 Å². The van der Waals surface area contributed by atoms with E-state index in [1.54, 1.807) is 20.2 Å². The number of amides is 1. The normalized spacial score (nSPS) is 15.4. The number of piperidine rings is 1. The Morgan fingerprint density at radius 1 is 1.17 bits per heavy atom. The molecule has 0 radical (unpaired) electrons. The van der Waals surface area contributed by atoms with Gasteiger partial charge in [-0.05, 0) is 48.6 Å². The van der Waals surface area contributed by atoms with Crippen LogP contribution in [0.2, 0.25) is 5.02 Å². The van der Waals surface area contributed by atoms with E-state index < -0.39 is 0 Å². The number of benzene rings is 1. The average Bonchev–Trinajstić information content (AvgIpc) is 2.61. The predicted octanol–water partition coefficient (Wildman–Crippen LogP) is 3.22. The molecular weight excluding hydrogens is 324 g/mol. The molecule has 0 unspecified atom stereocenters. The number of carbonyl (C=O) groups excluding carboxylic acids is 1. The lowest BCUT2D eigenvalue weighted by Gasteiger charge is -2.32. The summed E-state index contributed by atoms with van der Waals surface area (Å²) in [5, 5.41) is 9.08. The molecule has 1 fully saturated rings. The molecule has 1 aliphatic heterocycles. The van der Waals surface area contributed by atoms with Crippen LogP contribution in [-0.2, 0) is 0 Å². The number of hydrogen-bond acceptors (Lipinski definition) is 4. The summed E-state index contributed by atoms with van der Waals surface area (Å²) in [5.74, 6) is 1.23. The Kier molecular flexibility index (Phi) is 5.00. The molecule has 0 atom stereocenters. The molecular formula is C18H21ClN4O. The third-order valence-corrected chi connectivity index (χ3v) is 4.65. The molecule has 2 aromatic rings. The lowest BCUT2D eigenvalue weighted by atomic mass is 9.89. The molecule has 1 saturated heterocycles. The monoisotopic (exact) mass is 344 g/mol. The first-order chi connectivity index (χ1) is 11.5. The van der Waals surface area contributed by atoms with Gasteiger partial charge >= 0.3 is 0 Å². The number of hydrogen-bond donors (Lipinski definition) is 0. The highest BCUT2D eigenvalue weighted by molar-refractivity contribution is 6.30. The van der Waals surface area contributed by atoms with Crippen molar-refractivity contribution in [3.8, 4) is 0 Å². The molecule has 0 spiro atoms. The Bertz CT molecular complexity index is 709. The molecule has 1 amide bonds. The SMILES string of the molecule is CN(C)C(=O)c1ccc(N2CCC(c3cccc(Cl)c3)CC2)nn1. The van der Waals surface area contributed by atoms with E-state index in [-0.39, 0.29) is 5.91 Å². The minimum absolute atomic E-state index is 0.131. The Hall–Kier alpha value is -2.14. The highest BCUT2D eigenvalue weighted by Gasteiger charge is 2.22. The Balaban J connectivity index is 1.63. The van der Waals surface area contributed by atoms with Crippen LogP contribution in [0.25, 0.3) is 0 Å². The van der Waals surface area contributed by atoms with Crippen molar-refractivity contribution in [2.24, 2.45) is 0 Å². The highest BCUT2D eigenvalue weighted by Crippen LogP contribution is 2.30. The van der Waals surface area contributed by atoms with Gasteiger partial charge in [0.2, 0.25) is 0 Å². The fourth-order valence-corrected chi connectivity index (χ4v) is 3.24. The van der Waals surface area contributed by atoms with Gasteiger partial charge in [0.15, 0.2) is 11.5 Å². The Labute approximate surface area is 147 Å². The number of nitrogens with zero attached hydrogens (tertiary/aromatic N) is 4. The quantitative estimate of drug-likeness (QED) is 0.857. The lowest BCUT2D eigenvalue weighted by molar-refractivity contribution is 0.0821. The van der Waals surface area contributed by atoms with Crippen molar-refractivity contribution >= 4 is 23.3 Å². The number of rotatable bonds is 3. The van der Waals surface area contributed by atoms with E-state index in [0.29, 0.717) is 11.6 Å². The first-order valence-corrected chi connectivity index (χ1v) is 8.48. The van der Waals surface area contributed by atoms with Crippen molar-refractivity contribution in [3.05, 3.63) is 52.7 Å². The zero-order valence-electron chi connectivity index (χ0n) is 13.9. The number of anilines is 1. The lowest BCUT2D eigenvalue weighted by Crippen LogP contribution is -2.34. The summed E-state index contributed by atoms with van der Waals surface area (Å²) in [6.45, 7) is 1.85. The third-order valence-electron chi connectivity index (χ3n) is 4.41. The summed E-state index contributed by atoms with van der Waals surface area (Å²) in [5.41, 5.74) is 1.68. The van der Waals surface area contributed by atoms with Gasteiger partial charge in [-0.2, -0.15) is 0 Å². The summed E-state index contributed by atoms with van der Waals surface area (Å²) in [6.07, 6.45) is 2.11. The van der Waals surface area contributed by atoms with E-state index in [1.165, 1.54) is 10.5 Å². The summed E-state index contributed by atoms with van der Waals surface area (Å²) in [6, 6.07) is 11.7. The van der Waals surface area contributed by atoms with Crippen molar-refractivity contribution in [3.63, 3.8) is 0 Å². The maximum absolute atomic E-state index is 11.9. The van der Waals surface area contributed by atoms with Crippen LogP contribution in [0.15, 0.2) is 36.4 Å². The maximum Gasteiger partial charge on any atom is 0.273 e. The fourth-order valence-electron chi connectivity index (χ4n) is 3.04. The van der Waals surface area contributed by atoms with E-state index >= 15 is 0 Å². The molecule has 1 aliphatic rings. The predicted molar refractivity (Wildman–Crippen MR) is 95.7 cm³/mol. The second kappa shape index (κ2) is 7.18. The largest absolute Gasteiger partial charge is 0.355 e. The van der Waals surface area contributed by atoms with Gasteiger partial charge in [-0.3, -0.25) is 4.79 Å². The van der Waals surface area contributed by atoms with Crippen LogP contribution in [0.5, 0.6) is 0 Å². The molecule has 1 aromatic carbocycles. The van der Waals surface area contributed by atoms with Gasteiger partial charge < -0.3 is 9.80 Å². The molecule has 1 aromatic heterocycles. The second-order valence-electron chi connectivity index (χ2n) is 6.29. The van der Waals surface area contributed by atoms with E-state index in [1.807, 2.05) is 18.2 Å². The topological polar surface area (TPSA) is 49.3 Å². The molecule has 0 bridgehead atoms. The molecule has 126 valence electrons. The number of aromatic nitrogens is 2. The van der Waals surface area contributed by atoms with Crippen molar-refractivity contribution < 1.29 is 4.79 Å². The molecule has 24 heavy (non-hydrogen) atoms. The standard InChI is InChI=1S/C18H21ClN4O/c1-22(2)18(24)16-6-7-17(21-20-16)23-10-8-13(9-11-23)14-4-3-5-15(19)12-14/h3-7,12-13H,8-11H2,1-2H3. The van der Waals surface area contributed by atoms with E-state index in [0.717, 1.165) is 36.8 Å². The van der Waals surface area contributed by atoms with Gasteiger partial charge in [0.25, 0.3) is 5.91 Å². The van der Waals surface area contributed by atoms with Crippen molar-refractivity contribution in [2.75, 3.05) is 32.1 Å². The molecule has 0 aliphatic carbocycles. The molecule has 0 N–H and O–H groups in total. The molecule has 3 rings (SSSR count). The summed E-state index contributed by atoms with van der Waals surface area (Å²) in [7, 11) is 3.41. The van der Waals surface area contributed by atoms with Crippen LogP contribution in [-0.4, -0.2) is 48.2 Å². The van der Waals surface area contributed by atoms with Gasteiger partial charge in [0, 0.05) is 32.2 Å². The fraction of sp³-hybridized carbons (Fsp3) is 0.389. The minimum atomic E-state index is -0.131. The minimum Gasteiger partial charge on any atom is -0.355 e. The van der Waals surface area contributed by atoms with Crippen molar-refractivity contribution in [1.82, 2.24) is 15.1 Å². The highest BCUT2D eigenvalue weighted by atomic mass is 35.5. The van der Waals surface area contributed by atoms with Crippen LogP contribution in [0.1, 0.15) is 34.8 Å². The van der Waals surface area contributed by atoms with Gasteiger partial charge in [0.1, 0.15) is 0 Å². The molecule has 5 nitrogen and oxygen atoms in total. The Morgan fingerprint density at radius 2 is 1.92 bits per heavy atom. The van der Waals surface area contributed by atoms with E-state index in [2.05, 4.69) is 27.2 Å². The van der Waals surface area contributed by atoms with Gasteiger partial charge in [-0.15, -0.1) is 10.2 Å². The van der Waals surface area contributed by atoms with Crippen LogP contribution >= 0.6 is 11.6 Å². The number of carbonyl (C=O) groups is 1. The first kappa shape index (κ1) is 16.7. The van der Waals surface area contributed by atoms with Gasteiger partial charge in [-0.1, -0.05) is 23.7 Å². The smallest absolute Gasteiger partial charge is 0.273 e. The van der Waals surface area contributed by atoms with E-state index in [4.69, 9.17) is 11.6 Å². The molecule has 2 heterocycles. The first-order valence-electron chi connectivity index (χ1n) is 8.10. The summed E-state index contributed by atoms with van der Waals surface area (Å²) in [4.78, 5) is 15.6. The molecule has 6 heteroatoms. The van der Waals surface area contributed by atoms with Crippen molar-refractivity contribution in [2.45, 2.75) is 18.8 Å². The molecule has 0 saturated carbocycles. The van der Waals surface area contributed by atoms with Gasteiger partial charge in [-0.25, -0.2) is 0 Å². The van der Waals surface area contributed by atoms with Crippen LogP contribution < -0.4 is 4.90 Å². The number of halogens is 1. The summed E-state index contributed by atoms with van der Waals surface area (Å²) < 4.78 is 0. The van der Waals surface area contributed by atoms with Gasteiger partial charge in [0.05, 0.1) is 0 Å². The van der Waals surface area contributed by atoms with E-state index in [9.17, 15) is 4.79 Å². The Morgan fingerprint density at radius 3 is 2.50 bits per heavy atom. The van der Waals surface area contributed by atoms with Crippen LogP contribution in [0.4, 0.5) is 5.82 Å². The summed E-state index contributed by atoms with van der Waals surface area (Å²) >= 11 is 6.09. The zero-order chi connectivity index (χ0) is 17.1. The average molecular weight is 345 g/mol.